The van der Waals surface area contributed by atoms with Crippen molar-refractivity contribution in [2.24, 2.45) is 0 Å². The zero-order valence-electron chi connectivity index (χ0n) is 8.34. The summed E-state index contributed by atoms with van der Waals surface area (Å²) in [5.74, 6) is 0.125. The molecule has 0 bridgehead atoms. The third-order valence-corrected chi connectivity index (χ3v) is 3.93. The minimum Gasteiger partial charge on any atom is -0.311 e. The molecule has 1 aromatic carbocycles. The van der Waals surface area contributed by atoms with Gasteiger partial charge in [0, 0.05) is 17.3 Å². The van der Waals surface area contributed by atoms with E-state index in [9.17, 15) is 4.79 Å². The molecule has 80 valence electrons. The average molecular weight is 289 g/mol. The second kappa shape index (κ2) is 4.14. The van der Waals surface area contributed by atoms with Gasteiger partial charge in [-0.25, -0.2) is 0 Å². The third-order valence-electron chi connectivity index (χ3n) is 2.67. The number of halogens is 2. The van der Waals surface area contributed by atoms with Crippen LogP contribution in [0, 0.1) is 6.92 Å². The number of carbonyl (C=O) groups is 1. The molecule has 1 aliphatic heterocycles. The molecule has 1 aliphatic rings. The summed E-state index contributed by atoms with van der Waals surface area (Å²) in [6.45, 7) is 2.70. The highest BCUT2D eigenvalue weighted by Gasteiger charge is 2.31. The molecule has 1 atom stereocenters. The number of anilines is 1. The van der Waals surface area contributed by atoms with Gasteiger partial charge in [-0.15, -0.1) is 0 Å². The van der Waals surface area contributed by atoms with Crippen molar-refractivity contribution in [3.63, 3.8) is 0 Å². The summed E-state index contributed by atoms with van der Waals surface area (Å²) in [5.41, 5.74) is 1.89. The summed E-state index contributed by atoms with van der Waals surface area (Å²) in [6.07, 6.45) is 0.852. The minimum atomic E-state index is -0.0455. The second-order valence-electron chi connectivity index (χ2n) is 3.63. The molecule has 0 radical (unpaired) electrons. The maximum absolute atomic E-state index is 11.8. The van der Waals surface area contributed by atoms with Gasteiger partial charge in [-0.3, -0.25) is 4.79 Å². The van der Waals surface area contributed by atoms with E-state index >= 15 is 0 Å². The zero-order valence-corrected chi connectivity index (χ0v) is 10.7. The van der Waals surface area contributed by atoms with Crippen LogP contribution in [0.15, 0.2) is 18.2 Å². The molecular formula is C11H11BrClNO. The van der Waals surface area contributed by atoms with Crippen LogP contribution in [-0.2, 0) is 4.79 Å². The van der Waals surface area contributed by atoms with Crippen molar-refractivity contribution in [3.8, 4) is 0 Å². The highest BCUT2D eigenvalue weighted by Crippen LogP contribution is 2.31. The quantitative estimate of drug-likeness (QED) is 0.727. The summed E-state index contributed by atoms with van der Waals surface area (Å²) < 4.78 is 0. The molecule has 1 saturated heterocycles. The lowest BCUT2D eigenvalue weighted by Gasteiger charge is -2.19. The standard InChI is InChI=1S/C11H11BrClNO/c1-7-9(13)3-2-4-10(7)14-6-5-8(12)11(14)15/h2-4,8H,5-6H2,1H3. The predicted molar refractivity (Wildman–Crippen MR) is 65.9 cm³/mol. The third kappa shape index (κ3) is 1.91. The largest absolute Gasteiger partial charge is 0.311 e. The molecule has 4 heteroatoms. The Labute approximate surface area is 102 Å². The van der Waals surface area contributed by atoms with Gasteiger partial charge in [-0.05, 0) is 31.0 Å². The second-order valence-corrected chi connectivity index (χ2v) is 5.14. The molecule has 0 aromatic heterocycles. The summed E-state index contributed by atoms with van der Waals surface area (Å²) in [6, 6.07) is 5.65. The van der Waals surface area contributed by atoms with Crippen molar-refractivity contribution in [3.05, 3.63) is 28.8 Å². The molecule has 0 spiro atoms. The first kappa shape index (κ1) is 11.0. The van der Waals surface area contributed by atoms with Crippen molar-refractivity contribution in [2.45, 2.75) is 18.2 Å². The van der Waals surface area contributed by atoms with Crippen LogP contribution in [0.4, 0.5) is 5.69 Å². The molecule has 1 fully saturated rings. The number of carbonyl (C=O) groups excluding carboxylic acids is 1. The van der Waals surface area contributed by atoms with E-state index in [-0.39, 0.29) is 10.7 Å². The first-order valence-corrected chi connectivity index (χ1v) is 6.11. The Morgan fingerprint density at radius 2 is 2.27 bits per heavy atom. The van der Waals surface area contributed by atoms with Gasteiger partial charge >= 0.3 is 0 Å². The molecule has 0 saturated carbocycles. The normalized spacial score (nSPS) is 21.1. The van der Waals surface area contributed by atoms with Crippen LogP contribution in [0.1, 0.15) is 12.0 Å². The number of hydrogen-bond donors (Lipinski definition) is 0. The van der Waals surface area contributed by atoms with E-state index < -0.39 is 0 Å². The van der Waals surface area contributed by atoms with Gasteiger partial charge < -0.3 is 4.90 Å². The number of hydrogen-bond acceptors (Lipinski definition) is 1. The fourth-order valence-corrected chi connectivity index (χ4v) is 2.39. The van der Waals surface area contributed by atoms with Gasteiger partial charge in [-0.1, -0.05) is 33.6 Å². The summed E-state index contributed by atoms with van der Waals surface area (Å²) in [7, 11) is 0. The van der Waals surface area contributed by atoms with Crippen LogP contribution in [0.25, 0.3) is 0 Å². The number of alkyl halides is 1. The molecule has 1 aromatic rings. The lowest BCUT2D eigenvalue weighted by molar-refractivity contribution is -0.116. The van der Waals surface area contributed by atoms with Crippen LogP contribution >= 0.6 is 27.5 Å². The van der Waals surface area contributed by atoms with Crippen molar-refractivity contribution in [1.82, 2.24) is 0 Å². The van der Waals surface area contributed by atoms with Crippen molar-refractivity contribution in [2.75, 3.05) is 11.4 Å². The first-order chi connectivity index (χ1) is 7.11. The predicted octanol–water partition coefficient (Wildman–Crippen LogP) is 3.15. The zero-order chi connectivity index (χ0) is 11.0. The van der Waals surface area contributed by atoms with Crippen LogP contribution in [0.2, 0.25) is 5.02 Å². The summed E-state index contributed by atoms with van der Waals surface area (Å²) >= 11 is 9.39. The van der Waals surface area contributed by atoms with Gasteiger partial charge in [0.05, 0.1) is 4.83 Å². The number of benzene rings is 1. The smallest absolute Gasteiger partial charge is 0.240 e. The first-order valence-electron chi connectivity index (χ1n) is 4.82. The van der Waals surface area contributed by atoms with Gasteiger partial charge in [-0.2, -0.15) is 0 Å². The van der Waals surface area contributed by atoms with Gasteiger partial charge in [0.15, 0.2) is 0 Å². The van der Waals surface area contributed by atoms with E-state index in [2.05, 4.69) is 15.9 Å². The Balaban J connectivity index is 2.38. The lowest BCUT2D eigenvalue weighted by atomic mass is 10.2. The molecule has 1 amide bonds. The topological polar surface area (TPSA) is 20.3 Å². The number of amides is 1. The monoisotopic (exact) mass is 287 g/mol. The molecule has 1 heterocycles. The maximum Gasteiger partial charge on any atom is 0.240 e. The molecule has 0 N–H and O–H groups in total. The van der Waals surface area contributed by atoms with Gasteiger partial charge in [0.25, 0.3) is 0 Å². The van der Waals surface area contributed by atoms with Crippen LogP contribution in [0.5, 0.6) is 0 Å². The average Bonchev–Trinajstić information content (AvgIpc) is 2.53. The van der Waals surface area contributed by atoms with Gasteiger partial charge in [0.2, 0.25) is 5.91 Å². The van der Waals surface area contributed by atoms with E-state index in [0.29, 0.717) is 5.02 Å². The summed E-state index contributed by atoms with van der Waals surface area (Å²) in [4.78, 5) is 13.6. The molecular weight excluding hydrogens is 277 g/mol. The van der Waals surface area contributed by atoms with E-state index in [1.54, 1.807) is 4.90 Å². The van der Waals surface area contributed by atoms with Crippen LogP contribution in [0.3, 0.4) is 0 Å². The Bertz CT molecular complexity index is 408. The van der Waals surface area contributed by atoms with E-state index in [1.165, 1.54) is 0 Å². The molecule has 2 rings (SSSR count). The maximum atomic E-state index is 11.8. The van der Waals surface area contributed by atoms with Crippen molar-refractivity contribution < 1.29 is 4.79 Å². The van der Waals surface area contributed by atoms with Crippen molar-refractivity contribution in [1.29, 1.82) is 0 Å². The Morgan fingerprint density at radius 1 is 1.53 bits per heavy atom. The summed E-state index contributed by atoms with van der Waals surface area (Å²) in [5, 5.41) is 0.707. The fraction of sp³-hybridized carbons (Fsp3) is 0.364. The molecule has 1 unspecified atom stereocenters. The van der Waals surface area contributed by atoms with Crippen LogP contribution in [-0.4, -0.2) is 17.3 Å². The SMILES string of the molecule is Cc1c(Cl)cccc1N1CCC(Br)C1=O. The highest BCUT2D eigenvalue weighted by atomic mass is 79.9. The van der Waals surface area contributed by atoms with E-state index in [1.807, 2.05) is 25.1 Å². The Hall–Kier alpha value is -0.540. The molecule has 0 aliphatic carbocycles. The molecule has 2 nitrogen and oxygen atoms in total. The van der Waals surface area contributed by atoms with E-state index in [0.717, 1.165) is 24.2 Å². The minimum absolute atomic E-state index is 0.0455. The highest BCUT2D eigenvalue weighted by molar-refractivity contribution is 9.10. The fourth-order valence-electron chi connectivity index (χ4n) is 1.77. The Morgan fingerprint density at radius 3 is 2.87 bits per heavy atom. The van der Waals surface area contributed by atoms with E-state index in [4.69, 9.17) is 11.6 Å². The van der Waals surface area contributed by atoms with Gasteiger partial charge in [0.1, 0.15) is 0 Å². The lowest BCUT2D eigenvalue weighted by Crippen LogP contribution is -2.27. The number of nitrogens with zero attached hydrogens (tertiary/aromatic N) is 1. The molecule has 15 heavy (non-hydrogen) atoms. The Kier molecular flexibility index (Phi) is 3.03. The number of rotatable bonds is 1. The van der Waals surface area contributed by atoms with Crippen LogP contribution < -0.4 is 4.90 Å². The van der Waals surface area contributed by atoms with Crippen molar-refractivity contribution >= 4 is 39.1 Å².